The molecule has 0 saturated carbocycles. The molecule has 14 heteroatoms. The minimum absolute atomic E-state index is 0.0307. The third-order valence-corrected chi connectivity index (χ3v) is 11.6. The highest BCUT2D eigenvalue weighted by Gasteiger charge is 2.34. The van der Waals surface area contributed by atoms with Gasteiger partial charge in [-0.15, -0.1) is 23.1 Å². The third kappa shape index (κ3) is 11.2. The SMILES string of the molecule is CCOC(=O)c1c(NC(=O)C(Sc2cccc(NC(=O)/C(=C\c3ccccc3Cl)NC(=O)c3ccccc3)c2)c2ccccc2)sc2c1CCN(C(=O)OC(C)(C)C)C2. The summed E-state index contributed by atoms with van der Waals surface area (Å²) in [5.74, 6) is -2.01. The smallest absolute Gasteiger partial charge is 0.410 e. The van der Waals surface area contributed by atoms with Gasteiger partial charge >= 0.3 is 12.1 Å². The Kier molecular flexibility index (Phi) is 13.9. The Hall–Kier alpha value is -5.89. The van der Waals surface area contributed by atoms with Crippen LogP contribution in [0.2, 0.25) is 5.02 Å². The molecule has 3 N–H and O–H groups in total. The molecule has 1 aliphatic heterocycles. The van der Waals surface area contributed by atoms with Crippen LogP contribution in [0.4, 0.5) is 15.5 Å². The predicted molar refractivity (Wildman–Crippen MR) is 233 cm³/mol. The number of halogens is 1. The van der Waals surface area contributed by atoms with Crippen molar-refractivity contribution in [2.45, 2.75) is 56.4 Å². The second-order valence-electron chi connectivity index (χ2n) is 14.4. The summed E-state index contributed by atoms with van der Waals surface area (Å²) in [4.78, 5) is 70.7. The lowest BCUT2D eigenvalue weighted by molar-refractivity contribution is -0.116. The number of esters is 1. The monoisotopic (exact) mass is 850 g/mol. The van der Waals surface area contributed by atoms with Crippen LogP contribution in [0.15, 0.2) is 120 Å². The number of carbonyl (C=O) groups excluding carboxylic acids is 5. The number of thiophene rings is 1. The first-order valence-corrected chi connectivity index (χ1v) is 20.9. The molecule has 11 nitrogen and oxygen atoms in total. The van der Waals surface area contributed by atoms with Crippen LogP contribution in [0.5, 0.6) is 0 Å². The van der Waals surface area contributed by atoms with Crippen LogP contribution in [-0.4, -0.2) is 53.4 Å². The molecule has 4 amide bonds. The van der Waals surface area contributed by atoms with Crippen molar-refractivity contribution in [3.63, 3.8) is 0 Å². The van der Waals surface area contributed by atoms with Gasteiger partial charge in [0.25, 0.3) is 11.8 Å². The quantitative estimate of drug-likeness (QED) is 0.0640. The van der Waals surface area contributed by atoms with E-state index < -0.39 is 40.6 Å². The molecular weight excluding hydrogens is 808 g/mol. The van der Waals surface area contributed by atoms with E-state index in [0.29, 0.717) is 50.3 Å². The van der Waals surface area contributed by atoms with Crippen molar-refractivity contribution in [3.8, 4) is 0 Å². The molecule has 0 bridgehead atoms. The van der Waals surface area contributed by atoms with Gasteiger partial charge in [0, 0.05) is 32.6 Å². The number of fused-ring (bicyclic) bond motifs is 1. The topological polar surface area (TPSA) is 143 Å². The molecule has 1 aromatic heterocycles. The number of thioether (sulfide) groups is 1. The summed E-state index contributed by atoms with van der Waals surface area (Å²) in [7, 11) is 0. The molecule has 1 aliphatic rings. The Morgan fingerprint density at radius 3 is 2.29 bits per heavy atom. The molecule has 0 fully saturated rings. The Balaban J connectivity index is 1.25. The van der Waals surface area contributed by atoms with Crippen molar-refractivity contribution in [2.24, 2.45) is 0 Å². The number of carbonyl (C=O) groups is 5. The first kappa shape index (κ1) is 42.7. The van der Waals surface area contributed by atoms with Gasteiger partial charge in [-0.2, -0.15) is 0 Å². The van der Waals surface area contributed by atoms with E-state index in [0.717, 1.165) is 10.4 Å². The number of amides is 4. The maximum atomic E-state index is 14.4. The van der Waals surface area contributed by atoms with E-state index in [2.05, 4.69) is 16.0 Å². The van der Waals surface area contributed by atoms with Gasteiger partial charge in [0.15, 0.2) is 0 Å². The molecule has 1 atom stereocenters. The van der Waals surface area contributed by atoms with Crippen LogP contribution in [0.3, 0.4) is 0 Å². The Bertz CT molecular complexity index is 2380. The van der Waals surface area contributed by atoms with Crippen molar-refractivity contribution in [3.05, 3.63) is 153 Å². The second-order valence-corrected chi connectivity index (χ2v) is 17.1. The summed E-state index contributed by atoms with van der Waals surface area (Å²) in [6, 6.07) is 31.7. The maximum absolute atomic E-state index is 14.4. The van der Waals surface area contributed by atoms with Gasteiger partial charge in [-0.05, 0) is 93.3 Å². The zero-order valence-electron chi connectivity index (χ0n) is 32.9. The Labute approximate surface area is 356 Å². The Morgan fingerprint density at radius 2 is 1.59 bits per heavy atom. The maximum Gasteiger partial charge on any atom is 0.410 e. The van der Waals surface area contributed by atoms with E-state index in [4.69, 9.17) is 21.1 Å². The van der Waals surface area contributed by atoms with Gasteiger partial charge in [0.2, 0.25) is 5.91 Å². The fourth-order valence-corrected chi connectivity index (χ4v) is 8.67. The van der Waals surface area contributed by atoms with Gasteiger partial charge in [-0.25, -0.2) is 9.59 Å². The minimum atomic E-state index is -0.796. The zero-order chi connectivity index (χ0) is 42.1. The van der Waals surface area contributed by atoms with Crippen molar-refractivity contribution in [2.75, 3.05) is 23.8 Å². The summed E-state index contributed by atoms with van der Waals surface area (Å²) in [6.07, 6.45) is 1.44. The predicted octanol–water partition coefficient (Wildman–Crippen LogP) is 9.75. The molecule has 1 unspecified atom stereocenters. The fourth-order valence-electron chi connectivity index (χ4n) is 6.14. The summed E-state index contributed by atoms with van der Waals surface area (Å²) in [5.41, 5.74) is 2.33. The molecule has 304 valence electrons. The lowest BCUT2D eigenvalue weighted by Gasteiger charge is -2.30. The molecule has 0 saturated heterocycles. The summed E-state index contributed by atoms with van der Waals surface area (Å²) in [5, 5.41) is 8.57. The van der Waals surface area contributed by atoms with Gasteiger partial charge in [0.05, 0.1) is 18.7 Å². The number of hydrogen-bond acceptors (Lipinski definition) is 9. The van der Waals surface area contributed by atoms with Crippen molar-refractivity contribution in [1.29, 1.82) is 0 Å². The van der Waals surface area contributed by atoms with Crippen LogP contribution in [0, 0.1) is 0 Å². The van der Waals surface area contributed by atoms with E-state index in [9.17, 15) is 24.0 Å². The number of nitrogens with zero attached hydrogens (tertiary/aromatic N) is 1. The number of ether oxygens (including phenoxy) is 2. The summed E-state index contributed by atoms with van der Waals surface area (Å²) >= 11 is 8.91. The van der Waals surface area contributed by atoms with E-state index >= 15 is 0 Å². The lowest BCUT2D eigenvalue weighted by atomic mass is 10.0. The molecular formula is C45H43ClN4O7S2. The number of rotatable bonds is 12. The largest absolute Gasteiger partial charge is 0.462 e. The molecule has 59 heavy (non-hydrogen) atoms. The van der Waals surface area contributed by atoms with Crippen LogP contribution >= 0.6 is 34.7 Å². The minimum Gasteiger partial charge on any atom is -0.462 e. The average Bonchev–Trinajstić information content (AvgIpc) is 3.57. The van der Waals surface area contributed by atoms with Gasteiger partial charge in [-0.3, -0.25) is 14.4 Å². The van der Waals surface area contributed by atoms with Crippen molar-refractivity contribution in [1.82, 2.24) is 10.2 Å². The highest BCUT2D eigenvalue weighted by atomic mass is 35.5. The first-order chi connectivity index (χ1) is 28.3. The molecule has 6 rings (SSSR count). The molecule has 2 heterocycles. The van der Waals surface area contributed by atoms with Gasteiger partial charge in [-0.1, -0.05) is 84.4 Å². The van der Waals surface area contributed by atoms with Crippen molar-refractivity contribution >= 4 is 81.2 Å². The highest BCUT2D eigenvalue weighted by molar-refractivity contribution is 8.00. The van der Waals surface area contributed by atoms with Crippen LogP contribution in [-0.2, 0) is 32.0 Å². The number of hydrogen-bond donors (Lipinski definition) is 3. The summed E-state index contributed by atoms with van der Waals surface area (Å²) < 4.78 is 11.0. The van der Waals surface area contributed by atoms with Crippen LogP contribution in [0.25, 0.3) is 6.08 Å². The fraction of sp³-hybridized carbons (Fsp3) is 0.222. The molecule has 0 aliphatic carbocycles. The second kappa shape index (κ2) is 19.2. The van der Waals surface area contributed by atoms with Gasteiger partial charge < -0.3 is 30.3 Å². The summed E-state index contributed by atoms with van der Waals surface area (Å²) in [6.45, 7) is 7.83. The number of anilines is 2. The Morgan fingerprint density at radius 1 is 0.898 bits per heavy atom. The molecule has 4 aromatic carbocycles. The van der Waals surface area contributed by atoms with E-state index in [1.165, 1.54) is 29.2 Å². The normalized spacial score (nSPS) is 13.1. The molecule has 0 radical (unpaired) electrons. The van der Waals surface area contributed by atoms with E-state index in [-0.39, 0.29) is 24.4 Å². The number of nitrogens with one attached hydrogen (secondary N) is 3. The van der Waals surface area contributed by atoms with E-state index in [1.807, 2.05) is 36.4 Å². The third-order valence-electron chi connectivity index (χ3n) is 8.85. The highest BCUT2D eigenvalue weighted by Crippen LogP contribution is 2.41. The average molecular weight is 851 g/mol. The van der Waals surface area contributed by atoms with Crippen LogP contribution in [0.1, 0.15) is 75.2 Å². The lowest BCUT2D eigenvalue weighted by Crippen LogP contribution is -2.39. The number of benzene rings is 4. The standard InChI is InChI=1S/C45H43ClN4O7S2/c1-5-56-43(54)37-33-23-24-50(44(55)57-45(2,3)4)27-36(33)59-42(37)49-41(53)38(28-15-8-6-9-16-28)58-32-21-14-20-31(26-32)47-40(52)35(25-30-19-12-13-22-34(30)46)48-39(51)29-17-10-7-11-18-29/h6-22,25-26,38H,5,23-24,27H2,1-4H3,(H,47,52)(H,48,51)(H,49,53)/b35-25+. The van der Waals surface area contributed by atoms with E-state index in [1.54, 1.807) is 105 Å². The van der Waals surface area contributed by atoms with Gasteiger partial charge in [0.1, 0.15) is 21.5 Å². The molecule has 5 aromatic rings. The molecule has 0 spiro atoms. The first-order valence-electron chi connectivity index (χ1n) is 18.9. The van der Waals surface area contributed by atoms with Crippen molar-refractivity contribution < 1.29 is 33.4 Å². The van der Waals surface area contributed by atoms with Crippen LogP contribution < -0.4 is 16.0 Å². The zero-order valence-corrected chi connectivity index (χ0v) is 35.3.